The average molecular weight is 330 g/mol. The Balaban J connectivity index is 2.37. The highest BCUT2D eigenvalue weighted by Crippen LogP contribution is 2.44. The van der Waals surface area contributed by atoms with Crippen LogP contribution in [-0.4, -0.2) is 8.32 Å². The SMILES string of the molecule is CC(C)(C)[Si](C)(C)Oc1c(Cl)ccc([C@H](N)C2CC2)c1F. The second kappa shape index (κ2) is 5.56. The van der Waals surface area contributed by atoms with Gasteiger partial charge in [-0.3, -0.25) is 0 Å². The van der Waals surface area contributed by atoms with E-state index >= 15 is 0 Å². The third-order valence-corrected chi connectivity index (χ3v) is 9.36. The second-order valence-electron chi connectivity index (χ2n) is 7.51. The van der Waals surface area contributed by atoms with Gasteiger partial charge in [-0.15, -0.1) is 0 Å². The van der Waals surface area contributed by atoms with Gasteiger partial charge in [-0.1, -0.05) is 38.4 Å². The van der Waals surface area contributed by atoms with Crippen molar-refractivity contribution in [3.05, 3.63) is 28.5 Å². The molecule has 5 heteroatoms. The smallest absolute Gasteiger partial charge is 0.250 e. The van der Waals surface area contributed by atoms with Crippen LogP contribution >= 0.6 is 11.6 Å². The van der Waals surface area contributed by atoms with Crippen molar-refractivity contribution in [2.45, 2.75) is 57.8 Å². The number of rotatable bonds is 4. The van der Waals surface area contributed by atoms with E-state index in [1.165, 1.54) is 0 Å². The predicted octanol–water partition coefficient (Wildman–Crippen LogP) is 5.27. The van der Waals surface area contributed by atoms with E-state index in [2.05, 4.69) is 33.9 Å². The molecule has 1 fully saturated rings. The topological polar surface area (TPSA) is 35.2 Å². The Bertz CT molecular complexity index is 538. The lowest BCUT2D eigenvalue weighted by atomic mass is 10.0. The summed E-state index contributed by atoms with van der Waals surface area (Å²) in [7, 11) is -2.14. The van der Waals surface area contributed by atoms with E-state index in [0.29, 0.717) is 16.5 Å². The molecule has 1 atom stereocenters. The molecule has 0 aliphatic heterocycles. The van der Waals surface area contributed by atoms with Gasteiger partial charge in [0.05, 0.1) is 5.02 Å². The minimum absolute atomic E-state index is 0.0165. The van der Waals surface area contributed by atoms with Crippen molar-refractivity contribution in [1.29, 1.82) is 0 Å². The summed E-state index contributed by atoms with van der Waals surface area (Å²) in [6.45, 7) is 10.5. The third-order valence-electron chi connectivity index (χ3n) is 4.73. The maximum absolute atomic E-state index is 14.8. The van der Waals surface area contributed by atoms with Gasteiger partial charge in [0.1, 0.15) is 0 Å². The Morgan fingerprint density at radius 2 is 1.90 bits per heavy atom. The number of hydrogen-bond acceptors (Lipinski definition) is 2. The molecule has 0 saturated heterocycles. The number of hydrogen-bond donors (Lipinski definition) is 1. The Hall–Kier alpha value is -0.583. The van der Waals surface area contributed by atoms with Crippen molar-refractivity contribution >= 4 is 19.9 Å². The summed E-state index contributed by atoms with van der Waals surface area (Å²) in [6, 6.07) is 3.13. The number of halogens is 2. The molecule has 1 saturated carbocycles. The number of benzene rings is 1. The van der Waals surface area contributed by atoms with E-state index in [9.17, 15) is 4.39 Å². The van der Waals surface area contributed by atoms with Gasteiger partial charge in [0.25, 0.3) is 8.32 Å². The zero-order valence-corrected chi connectivity index (χ0v) is 15.2. The first-order valence-electron chi connectivity index (χ1n) is 7.47. The van der Waals surface area contributed by atoms with E-state index in [-0.39, 0.29) is 22.6 Å². The largest absolute Gasteiger partial charge is 0.541 e. The molecule has 1 aliphatic rings. The van der Waals surface area contributed by atoms with Crippen LogP contribution in [0, 0.1) is 11.7 Å². The van der Waals surface area contributed by atoms with Crippen molar-refractivity contribution in [3.63, 3.8) is 0 Å². The summed E-state index contributed by atoms with van der Waals surface area (Å²) >= 11 is 6.17. The van der Waals surface area contributed by atoms with E-state index in [1.807, 2.05) is 0 Å². The Morgan fingerprint density at radius 1 is 1.33 bits per heavy atom. The summed E-state index contributed by atoms with van der Waals surface area (Å²) in [5.74, 6) is 0.185. The van der Waals surface area contributed by atoms with Crippen LogP contribution < -0.4 is 10.2 Å². The fourth-order valence-corrected chi connectivity index (χ4v) is 3.28. The van der Waals surface area contributed by atoms with Crippen molar-refractivity contribution < 1.29 is 8.82 Å². The van der Waals surface area contributed by atoms with Gasteiger partial charge in [-0.2, -0.15) is 0 Å². The molecular formula is C16H25ClFNOSi. The zero-order valence-electron chi connectivity index (χ0n) is 13.5. The minimum atomic E-state index is -2.14. The predicted molar refractivity (Wildman–Crippen MR) is 88.9 cm³/mol. The Morgan fingerprint density at radius 3 is 2.38 bits per heavy atom. The molecule has 1 aromatic rings. The quantitative estimate of drug-likeness (QED) is 0.763. The first-order chi connectivity index (χ1) is 9.54. The third kappa shape index (κ3) is 3.43. The van der Waals surface area contributed by atoms with E-state index < -0.39 is 8.32 Å². The summed E-state index contributed by atoms with van der Waals surface area (Å²) in [4.78, 5) is 0. The van der Waals surface area contributed by atoms with Crippen molar-refractivity contribution in [3.8, 4) is 5.75 Å². The van der Waals surface area contributed by atoms with Crippen molar-refractivity contribution in [2.75, 3.05) is 0 Å². The van der Waals surface area contributed by atoms with Crippen LogP contribution in [0.5, 0.6) is 5.75 Å². The summed E-state index contributed by atoms with van der Waals surface area (Å²) < 4.78 is 20.9. The first-order valence-corrected chi connectivity index (χ1v) is 10.8. The van der Waals surface area contributed by atoms with Gasteiger partial charge in [0, 0.05) is 11.6 Å². The van der Waals surface area contributed by atoms with Crippen LogP contribution in [0.1, 0.15) is 45.2 Å². The normalized spacial score (nSPS) is 17.7. The molecule has 118 valence electrons. The lowest BCUT2D eigenvalue weighted by molar-refractivity contribution is 0.446. The molecule has 0 aromatic heterocycles. The first kappa shape index (κ1) is 16.8. The molecule has 1 aromatic carbocycles. The molecule has 0 radical (unpaired) electrons. The highest BCUT2D eigenvalue weighted by atomic mass is 35.5. The molecule has 2 nitrogen and oxygen atoms in total. The lowest BCUT2D eigenvalue weighted by Crippen LogP contribution is -2.44. The van der Waals surface area contributed by atoms with Crippen LogP contribution in [0.2, 0.25) is 23.2 Å². The van der Waals surface area contributed by atoms with Crippen LogP contribution in [0.4, 0.5) is 4.39 Å². The van der Waals surface area contributed by atoms with E-state index in [0.717, 1.165) is 12.8 Å². The summed E-state index contributed by atoms with van der Waals surface area (Å²) in [5.41, 5.74) is 6.67. The molecule has 0 unspecified atom stereocenters. The molecular weight excluding hydrogens is 305 g/mol. The fourth-order valence-electron chi connectivity index (χ4n) is 2.02. The average Bonchev–Trinajstić information content (AvgIpc) is 3.16. The molecule has 2 N–H and O–H groups in total. The van der Waals surface area contributed by atoms with Gasteiger partial charge < -0.3 is 10.2 Å². The molecule has 0 spiro atoms. The van der Waals surface area contributed by atoms with Crippen LogP contribution in [0.15, 0.2) is 12.1 Å². The standard InChI is InChI=1S/C16H25ClFNOSi/c1-16(2,3)21(4,5)20-15-12(17)9-8-11(13(15)18)14(19)10-6-7-10/h8-10,14H,6-7,19H2,1-5H3/t14-/m1/s1. The van der Waals surface area contributed by atoms with Gasteiger partial charge in [0.15, 0.2) is 11.6 Å². The van der Waals surface area contributed by atoms with Crippen LogP contribution in [0.3, 0.4) is 0 Å². The molecule has 21 heavy (non-hydrogen) atoms. The fraction of sp³-hybridized carbons (Fsp3) is 0.625. The zero-order chi connectivity index (χ0) is 16.0. The maximum Gasteiger partial charge on any atom is 0.250 e. The molecule has 0 bridgehead atoms. The van der Waals surface area contributed by atoms with Crippen LogP contribution in [-0.2, 0) is 0 Å². The summed E-state index contributed by atoms with van der Waals surface area (Å²) in [6.07, 6.45) is 2.14. The Labute approximate surface area is 133 Å². The van der Waals surface area contributed by atoms with Crippen molar-refractivity contribution in [2.24, 2.45) is 11.7 Å². The van der Waals surface area contributed by atoms with Gasteiger partial charge >= 0.3 is 0 Å². The summed E-state index contributed by atoms with van der Waals surface area (Å²) in [5, 5.41) is 0.307. The van der Waals surface area contributed by atoms with Crippen molar-refractivity contribution in [1.82, 2.24) is 0 Å². The molecule has 0 amide bonds. The van der Waals surface area contributed by atoms with E-state index in [1.54, 1.807) is 12.1 Å². The highest BCUT2D eigenvalue weighted by molar-refractivity contribution is 6.74. The molecule has 2 rings (SSSR count). The number of nitrogens with two attached hydrogens (primary N) is 1. The van der Waals surface area contributed by atoms with Gasteiger partial charge in [-0.05, 0) is 43.0 Å². The minimum Gasteiger partial charge on any atom is -0.541 e. The lowest BCUT2D eigenvalue weighted by Gasteiger charge is -2.37. The monoisotopic (exact) mass is 329 g/mol. The maximum atomic E-state index is 14.8. The molecule has 0 heterocycles. The van der Waals surface area contributed by atoms with E-state index in [4.69, 9.17) is 21.8 Å². The highest BCUT2D eigenvalue weighted by Gasteiger charge is 2.40. The van der Waals surface area contributed by atoms with Gasteiger partial charge in [0.2, 0.25) is 0 Å². The Kier molecular flexibility index (Phi) is 4.44. The second-order valence-corrected chi connectivity index (χ2v) is 12.6. The van der Waals surface area contributed by atoms with Gasteiger partial charge in [-0.25, -0.2) is 4.39 Å². The van der Waals surface area contributed by atoms with Crippen LogP contribution in [0.25, 0.3) is 0 Å². The molecule has 1 aliphatic carbocycles.